The van der Waals surface area contributed by atoms with Gasteiger partial charge >= 0.3 is 0 Å². The van der Waals surface area contributed by atoms with Crippen molar-refractivity contribution in [2.75, 3.05) is 23.3 Å². The first-order valence-corrected chi connectivity index (χ1v) is 7.35. The van der Waals surface area contributed by atoms with Crippen LogP contribution in [-0.2, 0) is 6.54 Å². The maximum atomic E-state index is 5.45. The molecule has 0 aliphatic carbocycles. The molecule has 1 aromatic carbocycles. The second-order valence-electron chi connectivity index (χ2n) is 4.28. The molecule has 0 unspecified atom stereocenters. The standard InChI is InChI=1S/C15H19BrN2O/c1-3-18(4-2)13-7-5-12(6-8-13)17-11-14-9-10-15(16)19-14/h5-10,17H,3-4,11H2,1-2H3. The summed E-state index contributed by atoms with van der Waals surface area (Å²) >= 11 is 3.30. The van der Waals surface area contributed by atoms with Crippen molar-refractivity contribution < 1.29 is 4.42 Å². The largest absolute Gasteiger partial charge is 0.452 e. The van der Waals surface area contributed by atoms with E-state index in [0.717, 1.165) is 29.2 Å². The van der Waals surface area contributed by atoms with E-state index in [0.29, 0.717) is 6.54 Å². The van der Waals surface area contributed by atoms with Crippen molar-refractivity contribution in [3.05, 3.63) is 46.8 Å². The summed E-state index contributed by atoms with van der Waals surface area (Å²) < 4.78 is 6.21. The van der Waals surface area contributed by atoms with Crippen molar-refractivity contribution in [1.82, 2.24) is 0 Å². The molecule has 0 radical (unpaired) electrons. The topological polar surface area (TPSA) is 28.4 Å². The first-order valence-electron chi connectivity index (χ1n) is 6.56. The van der Waals surface area contributed by atoms with Crippen LogP contribution < -0.4 is 10.2 Å². The smallest absolute Gasteiger partial charge is 0.169 e. The molecule has 0 aliphatic heterocycles. The van der Waals surface area contributed by atoms with Crippen molar-refractivity contribution in [1.29, 1.82) is 0 Å². The van der Waals surface area contributed by atoms with Gasteiger partial charge in [-0.15, -0.1) is 0 Å². The lowest BCUT2D eigenvalue weighted by atomic mass is 10.2. The second kappa shape index (κ2) is 6.66. The molecule has 0 atom stereocenters. The predicted octanol–water partition coefficient (Wildman–Crippen LogP) is 4.50. The summed E-state index contributed by atoms with van der Waals surface area (Å²) in [7, 11) is 0. The fraction of sp³-hybridized carbons (Fsp3) is 0.333. The van der Waals surface area contributed by atoms with Crippen molar-refractivity contribution >= 4 is 27.3 Å². The average Bonchev–Trinajstić information content (AvgIpc) is 2.85. The van der Waals surface area contributed by atoms with Crippen molar-refractivity contribution in [2.45, 2.75) is 20.4 Å². The number of furan rings is 1. The Labute approximate surface area is 122 Å². The van der Waals surface area contributed by atoms with Gasteiger partial charge in [-0.2, -0.15) is 0 Å². The lowest BCUT2D eigenvalue weighted by Crippen LogP contribution is -2.21. The molecule has 0 spiro atoms. The van der Waals surface area contributed by atoms with E-state index in [2.05, 4.69) is 64.3 Å². The monoisotopic (exact) mass is 322 g/mol. The first-order chi connectivity index (χ1) is 9.22. The molecular formula is C15H19BrN2O. The molecule has 2 aromatic rings. The van der Waals surface area contributed by atoms with E-state index in [1.807, 2.05) is 12.1 Å². The van der Waals surface area contributed by atoms with Crippen molar-refractivity contribution in [3.63, 3.8) is 0 Å². The maximum Gasteiger partial charge on any atom is 0.169 e. The fourth-order valence-corrected chi connectivity index (χ4v) is 2.35. The third-order valence-electron chi connectivity index (χ3n) is 3.09. The Hall–Kier alpha value is -1.42. The summed E-state index contributed by atoms with van der Waals surface area (Å²) in [5.41, 5.74) is 2.36. The van der Waals surface area contributed by atoms with Gasteiger partial charge in [0.25, 0.3) is 0 Å². The molecular weight excluding hydrogens is 304 g/mol. The summed E-state index contributed by atoms with van der Waals surface area (Å²) in [4.78, 5) is 2.33. The van der Waals surface area contributed by atoms with Crippen LogP contribution in [0.2, 0.25) is 0 Å². The van der Waals surface area contributed by atoms with E-state index >= 15 is 0 Å². The lowest BCUT2D eigenvalue weighted by molar-refractivity contribution is 0.495. The Bertz CT molecular complexity index is 503. The number of halogens is 1. The molecule has 0 amide bonds. The van der Waals surface area contributed by atoms with Gasteiger partial charge in [-0.25, -0.2) is 0 Å². The minimum atomic E-state index is 0.691. The van der Waals surface area contributed by atoms with E-state index < -0.39 is 0 Å². The molecule has 0 saturated carbocycles. The number of hydrogen-bond donors (Lipinski definition) is 1. The summed E-state index contributed by atoms with van der Waals surface area (Å²) in [5.74, 6) is 0.916. The highest BCUT2D eigenvalue weighted by atomic mass is 79.9. The van der Waals surface area contributed by atoms with E-state index in [-0.39, 0.29) is 0 Å². The molecule has 0 bridgehead atoms. The van der Waals surface area contributed by atoms with Crippen LogP contribution in [-0.4, -0.2) is 13.1 Å². The van der Waals surface area contributed by atoms with Crippen LogP contribution in [0.3, 0.4) is 0 Å². The normalized spacial score (nSPS) is 10.5. The SMILES string of the molecule is CCN(CC)c1ccc(NCc2ccc(Br)o2)cc1. The number of rotatable bonds is 6. The van der Waals surface area contributed by atoms with Gasteiger partial charge in [0.2, 0.25) is 0 Å². The molecule has 19 heavy (non-hydrogen) atoms. The molecule has 102 valence electrons. The van der Waals surface area contributed by atoms with Gasteiger partial charge in [-0.3, -0.25) is 0 Å². The molecule has 4 heteroatoms. The first kappa shape index (κ1) is 14.0. The van der Waals surface area contributed by atoms with E-state index in [1.54, 1.807) is 0 Å². The zero-order valence-electron chi connectivity index (χ0n) is 11.3. The van der Waals surface area contributed by atoms with Gasteiger partial charge in [0.15, 0.2) is 4.67 Å². The summed E-state index contributed by atoms with van der Waals surface area (Å²) in [6.07, 6.45) is 0. The van der Waals surface area contributed by atoms with Crippen molar-refractivity contribution in [2.24, 2.45) is 0 Å². The van der Waals surface area contributed by atoms with Gasteiger partial charge in [-0.1, -0.05) is 0 Å². The predicted molar refractivity (Wildman–Crippen MR) is 83.7 cm³/mol. The van der Waals surface area contributed by atoms with Crippen LogP contribution in [0.5, 0.6) is 0 Å². The average molecular weight is 323 g/mol. The van der Waals surface area contributed by atoms with Crippen LogP contribution in [0, 0.1) is 0 Å². The third kappa shape index (κ3) is 3.77. The van der Waals surface area contributed by atoms with Crippen LogP contribution >= 0.6 is 15.9 Å². The van der Waals surface area contributed by atoms with Crippen LogP contribution in [0.15, 0.2) is 45.5 Å². The zero-order chi connectivity index (χ0) is 13.7. The van der Waals surface area contributed by atoms with Crippen molar-refractivity contribution in [3.8, 4) is 0 Å². The number of hydrogen-bond acceptors (Lipinski definition) is 3. The van der Waals surface area contributed by atoms with Crippen LogP contribution in [0.25, 0.3) is 0 Å². The summed E-state index contributed by atoms with van der Waals surface area (Å²) in [6, 6.07) is 12.4. The molecule has 1 N–H and O–H groups in total. The van der Waals surface area contributed by atoms with E-state index in [9.17, 15) is 0 Å². The number of anilines is 2. The Kier molecular flexibility index (Phi) is 4.91. The highest BCUT2D eigenvalue weighted by molar-refractivity contribution is 9.10. The molecule has 3 nitrogen and oxygen atoms in total. The molecule has 0 fully saturated rings. The van der Waals surface area contributed by atoms with Gasteiger partial charge in [0, 0.05) is 24.5 Å². The fourth-order valence-electron chi connectivity index (χ4n) is 2.01. The summed E-state index contributed by atoms with van der Waals surface area (Å²) in [5, 5.41) is 3.34. The Morgan fingerprint density at radius 1 is 1.05 bits per heavy atom. The lowest BCUT2D eigenvalue weighted by Gasteiger charge is -2.21. The molecule has 0 saturated heterocycles. The van der Waals surface area contributed by atoms with E-state index in [1.165, 1.54) is 5.69 Å². The van der Waals surface area contributed by atoms with Gasteiger partial charge in [0.05, 0.1) is 6.54 Å². The molecule has 2 rings (SSSR count). The maximum absolute atomic E-state index is 5.45. The van der Waals surface area contributed by atoms with Gasteiger partial charge in [0.1, 0.15) is 5.76 Å². The Morgan fingerprint density at radius 2 is 1.74 bits per heavy atom. The van der Waals surface area contributed by atoms with Gasteiger partial charge < -0.3 is 14.6 Å². The minimum Gasteiger partial charge on any atom is -0.452 e. The highest BCUT2D eigenvalue weighted by Crippen LogP contribution is 2.19. The summed E-state index contributed by atoms with van der Waals surface area (Å²) in [6.45, 7) is 7.10. The Balaban J connectivity index is 1.95. The number of benzene rings is 1. The zero-order valence-corrected chi connectivity index (χ0v) is 12.9. The number of nitrogens with one attached hydrogen (secondary N) is 1. The van der Waals surface area contributed by atoms with E-state index in [4.69, 9.17) is 4.42 Å². The molecule has 0 aliphatic rings. The minimum absolute atomic E-state index is 0.691. The van der Waals surface area contributed by atoms with Crippen LogP contribution in [0.4, 0.5) is 11.4 Å². The van der Waals surface area contributed by atoms with Crippen LogP contribution in [0.1, 0.15) is 19.6 Å². The van der Waals surface area contributed by atoms with Gasteiger partial charge in [-0.05, 0) is 66.2 Å². The highest BCUT2D eigenvalue weighted by Gasteiger charge is 2.02. The Morgan fingerprint density at radius 3 is 2.26 bits per heavy atom. The molecule has 1 aromatic heterocycles. The number of nitrogens with zero attached hydrogens (tertiary/aromatic N) is 1. The second-order valence-corrected chi connectivity index (χ2v) is 5.06. The molecule has 1 heterocycles. The third-order valence-corrected chi connectivity index (χ3v) is 3.52. The quantitative estimate of drug-likeness (QED) is 0.848.